The summed E-state index contributed by atoms with van der Waals surface area (Å²) < 4.78 is 16.9. The van der Waals surface area contributed by atoms with Gasteiger partial charge in [0.05, 0.1) is 14.7 Å². The Morgan fingerprint density at radius 2 is 1.79 bits per heavy atom. The second-order valence-electron chi connectivity index (χ2n) is 8.20. The second kappa shape index (κ2) is 11.1. The first kappa shape index (κ1) is 24.9. The molecule has 1 aliphatic heterocycles. The molecule has 0 radical (unpaired) electrons. The van der Waals surface area contributed by atoms with Crippen LogP contribution in [0.15, 0.2) is 22.5 Å². The summed E-state index contributed by atoms with van der Waals surface area (Å²) in [5.74, 6) is -0.562. The minimum atomic E-state index is -1.86. The molecule has 0 aliphatic carbocycles. The van der Waals surface area contributed by atoms with Gasteiger partial charge in [-0.25, -0.2) is 0 Å². The Hall–Kier alpha value is -1.19. The van der Waals surface area contributed by atoms with E-state index in [-0.39, 0.29) is 24.6 Å². The minimum absolute atomic E-state index is 0.253. The molecule has 0 aromatic carbocycles. The van der Waals surface area contributed by atoms with Crippen LogP contribution in [0.25, 0.3) is 0 Å². The highest BCUT2D eigenvalue weighted by atomic mass is 28.4. The van der Waals surface area contributed by atoms with E-state index in [1.54, 1.807) is 0 Å². The zero-order chi connectivity index (χ0) is 21.4. The van der Waals surface area contributed by atoms with Gasteiger partial charge in [0, 0.05) is 26.7 Å². The summed E-state index contributed by atoms with van der Waals surface area (Å²) in [4.78, 5) is 23.1. The molecule has 0 N–H and O–H groups in total. The normalized spacial score (nSPS) is 17.8. The smallest absolute Gasteiger partial charge is 0.302 e. The van der Waals surface area contributed by atoms with Crippen molar-refractivity contribution in [1.82, 2.24) is 0 Å². The summed E-state index contributed by atoms with van der Waals surface area (Å²) >= 11 is 0. The van der Waals surface area contributed by atoms with Crippen molar-refractivity contribution in [2.24, 2.45) is 0 Å². The third-order valence-electron chi connectivity index (χ3n) is 5.90. The highest BCUT2D eigenvalue weighted by Gasteiger charge is 2.34. The van der Waals surface area contributed by atoms with Gasteiger partial charge < -0.3 is 13.9 Å². The summed E-state index contributed by atoms with van der Waals surface area (Å²) in [5, 5.41) is 1.29. The van der Waals surface area contributed by atoms with Crippen LogP contribution < -0.4 is 0 Å². The summed E-state index contributed by atoms with van der Waals surface area (Å²) in [5.41, 5.74) is 3.48. The van der Waals surface area contributed by atoms with Crippen LogP contribution in [-0.4, -0.2) is 47.6 Å². The molecular weight excluding hydrogens is 388 g/mol. The fourth-order valence-electron chi connectivity index (χ4n) is 3.79. The minimum Gasteiger partial charge on any atom is -0.462 e. The van der Waals surface area contributed by atoms with Gasteiger partial charge in [-0.2, -0.15) is 0 Å². The number of rotatable bonds is 11. The topological polar surface area (TPSA) is 61.8 Å². The highest BCUT2D eigenvalue weighted by molar-refractivity contribution is 6.84. The molecule has 0 saturated heterocycles. The lowest BCUT2D eigenvalue weighted by atomic mass is 10.1. The van der Waals surface area contributed by atoms with Crippen molar-refractivity contribution in [3.05, 3.63) is 22.5 Å². The van der Waals surface area contributed by atoms with E-state index in [4.69, 9.17) is 13.9 Å². The van der Waals surface area contributed by atoms with Gasteiger partial charge in [0.15, 0.2) is 0 Å². The summed E-state index contributed by atoms with van der Waals surface area (Å²) in [6, 6.07) is 3.46. The molecule has 7 heteroatoms. The van der Waals surface area contributed by atoms with Gasteiger partial charge in [0.25, 0.3) is 0 Å². The van der Waals surface area contributed by atoms with Crippen LogP contribution in [0.3, 0.4) is 0 Å². The van der Waals surface area contributed by atoms with Gasteiger partial charge >= 0.3 is 11.9 Å². The molecule has 0 bridgehead atoms. The summed E-state index contributed by atoms with van der Waals surface area (Å²) in [6.07, 6.45) is 3.18. The predicted molar refractivity (Wildman–Crippen MR) is 118 cm³/mol. The molecule has 0 spiro atoms. The molecule has 1 aliphatic rings. The molecule has 0 aromatic heterocycles. The molecule has 1 heterocycles. The number of hydrogen-bond donors (Lipinski definition) is 0. The number of carbonyl (C=O) groups is 2. The van der Waals surface area contributed by atoms with Crippen molar-refractivity contribution in [3.8, 4) is 0 Å². The molecule has 0 fully saturated rings. The molecule has 0 amide bonds. The summed E-state index contributed by atoms with van der Waals surface area (Å²) in [6.45, 7) is 14.9. The number of hydrogen-bond acceptors (Lipinski definition) is 5. The third-order valence-corrected chi connectivity index (χ3v) is 14.0. The highest BCUT2D eigenvalue weighted by Crippen LogP contribution is 2.30. The molecule has 1 atom stereocenters. The van der Waals surface area contributed by atoms with E-state index in [1.807, 2.05) is 0 Å². The maximum absolute atomic E-state index is 11.7. The maximum Gasteiger partial charge on any atom is 0.302 e. The molecule has 160 valence electrons. The van der Waals surface area contributed by atoms with Crippen molar-refractivity contribution >= 4 is 28.3 Å². The molecule has 5 nitrogen and oxygen atoms in total. The molecule has 0 saturated carbocycles. The first-order valence-electron chi connectivity index (χ1n) is 10.4. The second-order valence-corrected chi connectivity index (χ2v) is 17.3. The van der Waals surface area contributed by atoms with Crippen molar-refractivity contribution in [1.29, 1.82) is 0 Å². The largest absolute Gasteiger partial charge is 0.462 e. The van der Waals surface area contributed by atoms with Crippen LogP contribution in [0.5, 0.6) is 0 Å². The average Bonchev–Trinajstić information content (AvgIpc) is 2.95. The van der Waals surface area contributed by atoms with E-state index in [9.17, 15) is 9.59 Å². The van der Waals surface area contributed by atoms with Gasteiger partial charge in [-0.3, -0.25) is 9.59 Å². The van der Waals surface area contributed by atoms with E-state index < -0.39 is 16.4 Å². The van der Waals surface area contributed by atoms with Crippen LogP contribution in [0.1, 0.15) is 47.5 Å². The standard InChI is InChI=1S/C21H38O5Si2/c1-8-28(9-2,10-3)16-19(15-24-17(4)22)13-20(26-18(5)23)14-21-11-12-25-27(21,6)7/h11,16,20H,8-10,12-15H2,1-7H3/b19-16-. The van der Waals surface area contributed by atoms with Gasteiger partial charge in [-0.05, 0) is 18.7 Å². The lowest BCUT2D eigenvalue weighted by Gasteiger charge is -2.28. The lowest BCUT2D eigenvalue weighted by molar-refractivity contribution is -0.146. The zero-order valence-corrected chi connectivity index (χ0v) is 20.7. The Labute approximate surface area is 172 Å². The Morgan fingerprint density at radius 1 is 1.18 bits per heavy atom. The van der Waals surface area contributed by atoms with Crippen molar-refractivity contribution in [3.63, 3.8) is 0 Å². The lowest BCUT2D eigenvalue weighted by Crippen LogP contribution is -2.33. The van der Waals surface area contributed by atoms with E-state index in [0.29, 0.717) is 19.4 Å². The van der Waals surface area contributed by atoms with Gasteiger partial charge in [-0.1, -0.05) is 55.9 Å². The van der Waals surface area contributed by atoms with E-state index >= 15 is 0 Å². The Morgan fingerprint density at radius 3 is 2.21 bits per heavy atom. The van der Waals surface area contributed by atoms with Gasteiger partial charge in [0.2, 0.25) is 8.32 Å². The quantitative estimate of drug-likeness (QED) is 0.346. The van der Waals surface area contributed by atoms with E-state index in [1.165, 1.54) is 19.0 Å². The molecule has 0 aromatic rings. The monoisotopic (exact) mass is 426 g/mol. The molecule has 1 rings (SSSR count). The Kier molecular flexibility index (Phi) is 9.87. The SMILES string of the molecule is CC[Si](/C=C(\COC(C)=O)CC(CC1=CCO[Si]1(C)C)OC(C)=O)(CC)CC. The Balaban J connectivity index is 3.10. The first-order valence-corrected chi connectivity index (χ1v) is 16.0. The third kappa shape index (κ3) is 7.68. The van der Waals surface area contributed by atoms with Crippen LogP contribution in [0, 0.1) is 0 Å². The maximum atomic E-state index is 11.7. The van der Waals surface area contributed by atoms with Crippen LogP contribution >= 0.6 is 0 Å². The Bertz CT molecular complexity index is 598. The van der Waals surface area contributed by atoms with E-state index in [2.05, 4.69) is 45.6 Å². The van der Waals surface area contributed by atoms with Crippen molar-refractivity contribution < 1.29 is 23.5 Å². The zero-order valence-electron chi connectivity index (χ0n) is 18.7. The van der Waals surface area contributed by atoms with Crippen LogP contribution in [0.2, 0.25) is 31.2 Å². The first-order chi connectivity index (χ1) is 13.1. The molecule has 1 unspecified atom stereocenters. The van der Waals surface area contributed by atoms with Gasteiger partial charge in [-0.15, -0.1) is 0 Å². The molecule has 28 heavy (non-hydrogen) atoms. The number of carbonyl (C=O) groups excluding carboxylic acids is 2. The fraction of sp³-hybridized carbons (Fsp3) is 0.714. The van der Waals surface area contributed by atoms with Crippen molar-refractivity contribution in [2.45, 2.75) is 84.8 Å². The van der Waals surface area contributed by atoms with E-state index in [0.717, 1.165) is 23.7 Å². The number of esters is 2. The van der Waals surface area contributed by atoms with Crippen LogP contribution in [0.4, 0.5) is 0 Å². The van der Waals surface area contributed by atoms with Crippen LogP contribution in [-0.2, 0) is 23.5 Å². The predicted octanol–water partition coefficient (Wildman–Crippen LogP) is 4.94. The average molecular weight is 427 g/mol. The van der Waals surface area contributed by atoms with Gasteiger partial charge in [0.1, 0.15) is 12.7 Å². The molecular formula is C21H38O5Si2. The van der Waals surface area contributed by atoms with Crippen molar-refractivity contribution in [2.75, 3.05) is 13.2 Å². The number of ether oxygens (including phenoxy) is 2. The fourth-order valence-corrected chi connectivity index (χ4v) is 8.95. The summed E-state index contributed by atoms with van der Waals surface area (Å²) in [7, 11) is -3.42.